The van der Waals surface area contributed by atoms with Crippen molar-refractivity contribution in [3.05, 3.63) is 40.8 Å². The molecule has 2 aliphatic heterocycles. The predicted octanol–water partition coefficient (Wildman–Crippen LogP) is 2.61. The van der Waals surface area contributed by atoms with E-state index >= 15 is 0 Å². The SMILES string of the molecule is C[C@]1(NC(=O)c2cc3c(s2)-c2ccccc2OC3)CCS(=O)(=O)C1. The first-order valence-electron chi connectivity index (χ1n) is 7.73. The average molecular weight is 363 g/mol. The zero-order valence-electron chi connectivity index (χ0n) is 13.2. The van der Waals surface area contributed by atoms with Crippen LogP contribution < -0.4 is 10.1 Å². The Bertz CT molecular complexity index is 932. The Balaban J connectivity index is 1.61. The summed E-state index contributed by atoms with van der Waals surface area (Å²) in [6.45, 7) is 2.24. The third-order valence-electron chi connectivity index (χ3n) is 4.47. The standard InChI is InChI=1S/C17H17NO4S2/c1-17(6-7-24(20,21)10-17)18-16(19)14-8-11-9-22-13-5-3-2-4-12(13)15(11)23-14/h2-5,8H,6-7,9-10H2,1H3,(H,18,19)/t17-/m0/s1. The Morgan fingerprint density at radius 1 is 1.33 bits per heavy atom. The molecule has 4 rings (SSSR count). The van der Waals surface area contributed by atoms with Gasteiger partial charge in [0.15, 0.2) is 9.84 Å². The van der Waals surface area contributed by atoms with Gasteiger partial charge >= 0.3 is 0 Å². The summed E-state index contributed by atoms with van der Waals surface area (Å²) in [7, 11) is -3.06. The van der Waals surface area contributed by atoms with Crippen molar-refractivity contribution in [2.24, 2.45) is 0 Å². The summed E-state index contributed by atoms with van der Waals surface area (Å²) in [5.74, 6) is 0.744. The van der Waals surface area contributed by atoms with E-state index in [2.05, 4.69) is 5.32 Å². The molecule has 0 aliphatic carbocycles. The Labute approximate surface area is 144 Å². The Hall–Kier alpha value is -1.86. The fourth-order valence-electron chi connectivity index (χ4n) is 3.26. The first-order valence-corrected chi connectivity index (χ1v) is 10.4. The Morgan fingerprint density at radius 2 is 2.12 bits per heavy atom. The van der Waals surface area contributed by atoms with Crippen LogP contribution in [0.25, 0.3) is 10.4 Å². The summed E-state index contributed by atoms with van der Waals surface area (Å²) in [4.78, 5) is 14.2. The van der Waals surface area contributed by atoms with Crippen molar-refractivity contribution in [1.82, 2.24) is 5.32 Å². The lowest BCUT2D eigenvalue weighted by Crippen LogP contribution is -2.46. The molecule has 1 amide bonds. The minimum atomic E-state index is -3.06. The van der Waals surface area contributed by atoms with Crippen molar-refractivity contribution in [2.75, 3.05) is 11.5 Å². The van der Waals surface area contributed by atoms with Crippen molar-refractivity contribution in [2.45, 2.75) is 25.5 Å². The Kier molecular flexibility index (Phi) is 3.47. The lowest BCUT2D eigenvalue weighted by Gasteiger charge is -2.23. The summed E-state index contributed by atoms with van der Waals surface area (Å²) in [6.07, 6.45) is 0.456. The number of carbonyl (C=O) groups is 1. The number of amides is 1. The van der Waals surface area contributed by atoms with Crippen molar-refractivity contribution in [1.29, 1.82) is 0 Å². The molecule has 0 unspecified atom stereocenters. The molecule has 1 atom stereocenters. The summed E-state index contributed by atoms with van der Waals surface area (Å²) >= 11 is 1.43. The lowest BCUT2D eigenvalue weighted by atomic mass is 10.0. The minimum absolute atomic E-state index is 0.00275. The molecule has 24 heavy (non-hydrogen) atoms. The molecule has 126 valence electrons. The number of sulfone groups is 1. The molecule has 1 N–H and O–H groups in total. The molecule has 2 aromatic rings. The smallest absolute Gasteiger partial charge is 0.261 e. The maximum atomic E-state index is 12.6. The van der Waals surface area contributed by atoms with Crippen LogP contribution in [0, 0.1) is 0 Å². The quantitative estimate of drug-likeness (QED) is 0.890. The first kappa shape index (κ1) is 15.7. The van der Waals surface area contributed by atoms with Crippen LogP contribution in [-0.2, 0) is 16.4 Å². The zero-order valence-corrected chi connectivity index (χ0v) is 14.8. The molecule has 5 nitrogen and oxygen atoms in total. The number of hydrogen-bond acceptors (Lipinski definition) is 5. The largest absolute Gasteiger partial charge is 0.488 e. The van der Waals surface area contributed by atoms with Crippen LogP contribution in [0.4, 0.5) is 0 Å². The van der Waals surface area contributed by atoms with Crippen molar-refractivity contribution < 1.29 is 17.9 Å². The highest BCUT2D eigenvalue weighted by atomic mass is 32.2. The van der Waals surface area contributed by atoms with Gasteiger partial charge in [-0.2, -0.15) is 0 Å². The normalized spacial score (nSPS) is 23.9. The summed E-state index contributed by atoms with van der Waals surface area (Å²) in [5.41, 5.74) is 1.31. The second-order valence-electron chi connectivity index (χ2n) is 6.61. The lowest BCUT2D eigenvalue weighted by molar-refractivity contribution is 0.0919. The number of fused-ring (bicyclic) bond motifs is 3. The molecule has 1 saturated heterocycles. The van der Waals surface area contributed by atoms with E-state index in [0.29, 0.717) is 17.9 Å². The maximum absolute atomic E-state index is 12.6. The third-order valence-corrected chi connectivity index (χ3v) is 7.58. The highest BCUT2D eigenvalue weighted by Crippen LogP contribution is 2.42. The molecule has 0 saturated carbocycles. The van der Waals surface area contributed by atoms with Crippen molar-refractivity contribution >= 4 is 27.1 Å². The second kappa shape index (κ2) is 5.32. The van der Waals surface area contributed by atoms with Gasteiger partial charge in [-0.3, -0.25) is 4.79 Å². The van der Waals surface area contributed by atoms with Gasteiger partial charge in [0.05, 0.1) is 21.9 Å². The van der Waals surface area contributed by atoms with E-state index in [0.717, 1.165) is 21.8 Å². The van der Waals surface area contributed by atoms with E-state index in [9.17, 15) is 13.2 Å². The highest BCUT2D eigenvalue weighted by Gasteiger charge is 2.40. The molecule has 1 fully saturated rings. The molecule has 0 bridgehead atoms. The monoisotopic (exact) mass is 363 g/mol. The third kappa shape index (κ3) is 2.71. The highest BCUT2D eigenvalue weighted by molar-refractivity contribution is 7.91. The number of benzene rings is 1. The number of carbonyl (C=O) groups excluding carboxylic acids is 1. The molecule has 0 radical (unpaired) electrons. The van der Waals surface area contributed by atoms with Crippen LogP contribution in [0.15, 0.2) is 30.3 Å². The number of hydrogen-bond donors (Lipinski definition) is 1. The van der Waals surface area contributed by atoms with Gasteiger partial charge in [0.25, 0.3) is 5.91 Å². The van der Waals surface area contributed by atoms with Crippen LogP contribution in [0.1, 0.15) is 28.6 Å². The molecular weight excluding hydrogens is 346 g/mol. The molecule has 1 aromatic heterocycles. The zero-order chi connectivity index (χ0) is 16.9. The predicted molar refractivity (Wildman–Crippen MR) is 93.2 cm³/mol. The number of ether oxygens (including phenoxy) is 1. The number of thiophene rings is 1. The van der Waals surface area contributed by atoms with Crippen LogP contribution in [0.5, 0.6) is 5.75 Å². The van der Waals surface area contributed by atoms with Gasteiger partial charge in [0, 0.05) is 16.0 Å². The minimum Gasteiger partial charge on any atom is -0.488 e. The topological polar surface area (TPSA) is 72.5 Å². The number of rotatable bonds is 2. The second-order valence-corrected chi connectivity index (χ2v) is 9.84. The van der Waals surface area contributed by atoms with Gasteiger partial charge < -0.3 is 10.1 Å². The fraction of sp³-hybridized carbons (Fsp3) is 0.353. The maximum Gasteiger partial charge on any atom is 0.261 e. The van der Waals surface area contributed by atoms with Crippen molar-refractivity contribution in [3.63, 3.8) is 0 Å². The first-order chi connectivity index (χ1) is 11.4. The Morgan fingerprint density at radius 3 is 2.88 bits per heavy atom. The molecule has 1 aromatic carbocycles. The average Bonchev–Trinajstić information content (AvgIpc) is 3.08. The van der Waals surface area contributed by atoms with Crippen LogP contribution >= 0.6 is 11.3 Å². The fourth-order valence-corrected chi connectivity index (χ4v) is 6.44. The van der Waals surface area contributed by atoms with Gasteiger partial charge in [0.1, 0.15) is 12.4 Å². The number of nitrogens with one attached hydrogen (secondary N) is 1. The van der Waals surface area contributed by atoms with Gasteiger partial charge in [-0.05, 0) is 31.5 Å². The summed E-state index contributed by atoms with van der Waals surface area (Å²) < 4.78 is 29.1. The van der Waals surface area contributed by atoms with Crippen LogP contribution in [0.3, 0.4) is 0 Å². The van der Waals surface area contributed by atoms with Crippen LogP contribution in [-0.4, -0.2) is 31.4 Å². The van der Waals surface area contributed by atoms with Gasteiger partial charge in [-0.15, -0.1) is 11.3 Å². The van der Waals surface area contributed by atoms with E-state index in [-0.39, 0.29) is 17.4 Å². The van der Waals surface area contributed by atoms with E-state index in [1.807, 2.05) is 30.3 Å². The molecular formula is C17H17NO4S2. The molecule has 2 aliphatic rings. The number of para-hydroxylation sites is 1. The van der Waals surface area contributed by atoms with Gasteiger partial charge in [0.2, 0.25) is 0 Å². The van der Waals surface area contributed by atoms with Gasteiger partial charge in [-0.25, -0.2) is 8.42 Å². The van der Waals surface area contributed by atoms with Gasteiger partial charge in [-0.1, -0.05) is 12.1 Å². The molecule has 0 spiro atoms. The van der Waals surface area contributed by atoms with E-state index < -0.39 is 15.4 Å². The molecule has 7 heteroatoms. The van der Waals surface area contributed by atoms with Crippen LogP contribution in [0.2, 0.25) is 0 Å². The van der Waals surface area contributed by atoms with E-state index in [4.69, 9.17) is 4.74 Å². The van der Waals surface area contributed by atoms with E-state index in [1.165, 1.54) is 11.3 Å². The van der Waals surface area contributed by atoms with Crippen molar-refractivity contribution in [3.8, 4) is 16.2 Å². The van der Waals surface area contributed by atoms with E-state index in [1.54, 1.807) is 6.92 Å². The summed E-state index contributed by atoms with van der Waals surface area (Å²) in [5, 5.41) is 2.91. The summed E-state index contributed by atoms with van der Waals surface area (Å²) in [6, 6.07) is 9.62. The molecule has 3 heterocycles.